The van der Waals surface area contributed by atoms with Gasteiger partial charge in [0.1, 0.15) is 5.75 Å². The Morgan fingerprint density at radius 1 is 1.50 bits per heavy atom. The zero-order valence-corrected chi connectivity index (χ0v) is 12.2. The van der Waals surface area contributed by atoms with E-state index in [-0.39, 0.29) is 12.5 Å². The van der Waals surface area contributed by atoms with Gasteiger partial charge in [0.05, 0.1) is 6.10 Å². The molecule has 0 aromatic heterocycles. The van der Waals surface area contributed by atoms with Crippen LogP contribution in [0.3, 0.4) is 0 Å². The number of ether oxygens (including phenoxy) is 1. The first kappa shape index (κ1) is 14.9. The Bertz CT molecular complexity index is 459. The molecular formula is C16H23NO3. The summed E-state index contributed by atoms with van der Waals surface area (Å²) in [5.41, 5.74) is 0.793. The second-order valence-electron chi connectivity index (χ2n) is 5.47. The number of piperidine rings is 1. The van der Waals surface area contributed by atoms with Crippen molar-refractivity contribution < 1.29 is 14.6 Å². The van der Waals surface area contributed by atoms with Crippen LogP contribution in [0.2, 0.25) is 0 Å². The maximum absolute atomic E-state index is 12.2. The minimum Gasteiger partial charge on any atom is -0.484 e. The first-order valence-corrected chi connectivity index (χ1v) is 7.28. The van der Waals surface area contributed by atoms with E-state index in [0.717, 1.165) is 24.9 Å². The standard InChI is InChI=1S/C16H23NO3/c1-12-6-3-4-9-17(12)16(19)11-20-15-8-5-7-14(10-15)13(2)18/h5,7-8,10,12-13,18H,3-4,6,9,11H2,1-2H3. The molecule has 1 heterocycles. The van der Waals surface area contributed by atoms with Crippen molar-refractivity contribution in [2.75, 3.05) is 13.2 Å². The van der Waals surface area contributed by atoms with Gasteiger partial charge in [0.2, 0.25) is 0 Å². The molecule has 1 saturated heterocycles. The maximum atomic E-state index is 12.2. The van der Waals surface area contributed by atoms with Gasteiger partial charge in [-0.2, -0.15) is 0 Å². The van der Waals surface area contributed by atoms with Crippen molar-refractivity contribution in [3.05, 3.63) is 29.8 Å². The molecule has 0 aliphatic carbocycles. The van der Waals surface area contributed by atoms with Crippen molar-refractivity contribution >= 4 is 5.91 Å². The molecule has 2 rings (SSSR count). The van der Waals surface area contributed by atoms with E-state index in [0.29, 0.717) is 11.8 Å². The van der Waals surface area contributed by atoms with Gasteiger partial charge in [0.15, 0.2) is 6.61 Å². The topological polar surface area (TPSA) is 49.8 Å². The minimum atomic E-state index is -0.531. The molecule has 1 aromatic rings. The van der Waals surface area contributed by atoms with Crippen LogP contribution in [0.1, 0.15) is 44.8 Å². The molecule has 0 saturated carbocycles. The second-order valence-corrected chi connectivity index (χ2v) is 5.47. The number of nitrogens with zero attached hydrogens (tertiary/aromatic N) is 1. The number of rotatable bonds is 4. The molecule has 1 aliphatic rings. The highest BCUT2D eigenvalue weighted by atomic mass is 16.5. The van der Waals surface area contributed by atoms with Crippen LogP contribution in [0.25, 0.3) is 0 Å². The molecule has 110 valence electrons. The third-order valence-corrected chi connectivity index (χ3v) is 3.83. The molecular weight excluding hydrogens is 254 g/mol. The lowest BCUT2D eigenvalue weighted by atomic mass is 10.0. The van der Waals surface area contributed by atoms with Crippen LogP contribution in [-0.2, 0) is 4.79 Å². The molecule has 0 bridgehead atoms. The van der Waals surface area contributed by atoms with Crippen molar-refractivity contribution in [2.24, 2.45) is 0 Å². The van der Waals surface area contributed by atoms with Crippen LogP contribution in [0.15, 0.2) is 24.3 Å². The van der Waals surface area contributed by atoms with Gasteiger partial charge in [-0.25, -0.2) is 0 Å². The Labute approximate surface area is 120 Å². The monoisotopic (exact) mass is 277 g/mol. The van der Waals surface area contributed by atoms with Crippen molar-refractivity contribution in [3.8, 4) is 5.75 Å². The summed E-state index contributed by atoms with van der Waals surface area (Å²) < 4.78 is 5.56. The summed E-state index contributed by atoms with van der Waals surface area (Å²) >= 11 is 0. The quantitative estimate of drug-likeness (QED) is 0.920. The van der Waals surface area contributed by atoms with Crippen molar-refractivity contribution in [2.45, 2.75) is 45.3 Å². The van der Waals surface area contributed by atoms with Gasteiger partial charge in [-0.3, -0.25) is 4.79 Å². The first-order valence-electron chi connectivity index (χ1n) is 7.28. The maximum Gasteiger partial charge on any atom is 0.260 e. The van der Waals surface area contributed by atoms with E-state index in [2.05, 4.69) is 6.92 Å². The van der Waals surface area contributed by atoms with Gasteiger partial charge >= 0.3 is 0 Å². The predicted molar refractivity (Wildman–Crippen MR) is 77.6 cm³/mol. The number of aliphatic hydroxyl groups is 1. The number of aliphatic hydroxyl groups excluding tert-OH is 1. The highest BCUT2D eigenvalue weighted by Gasteiger charge is 2.23. The molecule has 2 unspecified atom stereocenters. The SMILES string of the molecule is CC(O)c1cccc(OCC(=O)N2CCCCC2C)c1. The fraction of sp³-hybridized carbons (Fsp3) is 0.562. The van der Waals surface area contributed by atoms with Crippen LogP contribution in [0.5, 0.6) is 5.75 Å². The van der Waals surface area contributed by atoms with Crippen molar-refractivity contribution in [3.63, 3.8) is 0 Å². The van der Waals surface area contributed by atoms with E-state index >= 15 is 0 Å². The van der Waals surface area contributed by atoms with E-state index in [4.69, 9.17) is 4.74 Å². The van der Waals surface area contributed by atoms with Crippen molar-refractivity contribution in [1.82, 2.24) is 4.90 Å². The highest BCUT2D eigenvalue weighted by Crippen LogP contribution is 2.20. The highest BCUT2D eigenvalue weighted by molar-refractivity contribution is 5.78. The molecule has 4 nitrogen and oxygen atoms in total. The summed E-state index contributed by atoms with van der Waals surface area (Å²) in [5, 5.41) is 9.53. The normalized spacial score (nSPS) is 20.6. The number of amides is 1. The third-order valence-electron chi connectivity index (χ3n) is 3.83. The summed E-state index contributed by atoms with van der Waals surface area (Å²) in [4.78, 5) is 14.1. The van der Waals surface area contributed by atoms with Gasteiger partial charge in [0, 0.05) is 12.6 Å². The molecule has 20 heavy (non-hydrogen) atoms. The largest absolute Gasteiger partial charge is 0.484 e. The molecule has 0 spiro atoms. The Hall–Kier alpha value is -1.55. The third kappa shape index (κ3) is 3.73. The molecule has 0 radical (unpaired) electrons. The van der Waals surface area contributed by atoms with Crippen LogP contribution in [-0.4, -0.2) is 35.1 Å². The minimum absolute atomic E-state index is 0.0413. The zero-order valence-electron chi connectivity index (χ0n) is 12.2. The number of hydrogen-bond donors (Lipinski definition) is 1. The van der Waals surface area contributed by atoms with E-state index in [1.54, 1.807) is 19.1 Å². The van der Waals surface area contributed by atoms with E-state index < -0.39 is 6.10 Å². The van der Waals surface area contributed by atoms with Gasteiger partial charge in [0.25, 0.3) is 5.91 Å². The zero-order chi connectivity index (χ0) is 14.5. The molecule has 1 aromatic carbocycles. The lowest BCUT2D eigenvalue weighted by molar-refractivity contribution is -0.136. The number of carbonyl (C=O) groups is 1. The fourth-order valence-electron chi connectivity index (χ4n) is 2.56. The Kier molecular flexibility index (Phi) is 5.01. The van der Waals surface area contributed by atoms with Gasteiger partial charge in [-0.05, 0) is 50.8 Å². The van der Waals surface area contributed by atoms with Crippen LogP contribution in [0.4, 0.5) is 0 Å². The van der Waals surface area contributed by atoms with Crippen molar-refractivity contribution in [1.29, 1.82) is 0 Å². The summed E-state index contributed by atoms with van der Waals surface area (Å²) in [7, 11) is 0. The van der Waals surface area contributed by atoms with Crippen LogP contribution >= 0.6 is 0 Å². The number of likely N-dealkylation sites (tertiary alicyclic amines) is 1. The average molecular weight is 277 g/mol. The van der Waals surface area contributed by atoms with E-state index in [1.807, 2.05) is 17.0 Å². The van der Waals surface area contributed by atoms with Gasteiger partial charge in [-0.1, -0.05) is 12.1 Å². The second kappa shape index (κ2) is 6.75. The molecule has 1 fully saturated rings. The summed E-state index contributed by atoms with van der Waals surface area (Å²) in [6, 6.07) is 7.55. The molecule has 1 N–H and O–H groups in total. The molecule has 2 atom stereocenters. The Morgan fingerprint density at radius 3 is 3.00 bits per heavy atom. The summed E-state index contributed by atoms with van der Waals surface area (Å²) in [6.07, 6.45) is 2.82. The molecule has 1 amide bonds. The lowest BCUT2D eigenvalue weighted by Crippen LogP contribution is -2.44. The lowest BCUT2D eigenvalue weighted by Gasteiger charge is -2.33. The molecule has 4 heteroatoms. The van der Waals surface area contributed by atoms with Gasteiger partial charge in [-0.15, -0.1) is 0 Å². The van der Waals surface area contributed by atoms with E-state index in [9.17, 15) is 9.90 Å². The first-order chi connectivity index (χ1) is 9.58. The Balaban J connectivity index is 1.91. The fourth-order valence-corrected chi connectivity index (χ4v) is 2.56. The number of hydrogen-bond acceptors (Lipinski definition) is 3. The van der Waals surface area contributed by atoms with E-state index in [1.165, 1.54) is 6.42 Å². The van der Waals surface area contributed by atoms with Crippen LogP contribution < -0.4 is 4.74 Å². The summed E-state index contributed by atoms with van der Waals surface area (Å²) in [5.74, 6) is 0.668. The smallest absolute Gasteiger partial charge is 0.260 e. The predicted octanol–water partition coefficient (Wildman–Crippen LogP) is 2.52. The number of carbonyl (C=O) groups excluding carboxylic acids is 1. The number of benzene rings is 1. The van der Waals surface area contributed by atoms with Gasteiger partial charge < -0.3 is 14.7 Å². The molecule has 1 aliphatic heterocycles. The Morgan fingerprint density at radius 2 is 2.30 bits per heavy atom. The summed E-state index contributed by atoms with van der Waals surface area (Å²) in [6.45, 7) is 4.69. The van der Waals surface area contributed by atoms with Crippen LogP contribution in [0, 0.1) is 0 Å². The average Bonchev–Trinajstić information content (AvgIpc) is 2.45.